The Morgan fingerprint density at radius 1 is 1.05 bits per heavy atom. The van der Waals surface area contributed by atoms with Gasteiger partial charge in [-0.15, -0.1) is 5.10 Å². The molecule has 194 valence electrons. The van der Waals surface area contributed by atoms with E-state index in [1.807, 2.05) is 24.3 Å². The van der Waals surface area contributed by atoms with Crippen LogP contribution in [0, 0.1) is 17.2 Å². The molecular formula is C27H28N8O3. The molecule has 4 rings (SSSR count). The molecule has 3 heterocycles. The van der Waals surface area contributed by atoms with Gasteiger partial charge >= 0.3 is 0 Å². The predicted octanol–water partition coefficient (Wildman–Crippen LogP) is 3.65. The number of carbonyl (C=O) groups excluding carboxylic acids is 1. The fourth-order valence-corrected chi connectivity index (χ4v) is 3.96. The van der Waals surface area contributed by atoms with E-state index in [0.717, 1.165) is 11.4 Å². The van der Waals surface area contributed by atoms with Gasteiger partial charge in [-0.2, -0.15) is 5.26 Å². The van der Waals surface area contributed by atoms with Gasteiger partial charge < -0.3 is 9.47 Å². The molecule has 0 aliphatic heterocycles. The Bertz CT molecular complexity index is 1460. The van der Waals surface area contributed by atoms with Crippen LogP contribution in [0.1, 0.15) is 36.9 Å². The maximum absolute atomic E-state index is 12.1. The summed E-state index contributed by atoms with van der Waals surface area (Å²) < 4.78 is 12.2. The Balaban J connectivity index is 1.65. The zero-order valence-electron chi connectivity index (χ0n) is 21.6. The number of benzene rings is 1. The molecule has 0 fully saturated rings. The van der Waals surface area contributed by atoms with Crippen molar-refractivity contribution in [1.82, 2.24) is 29.9 Å². The number of hydrogen-bond acceptors (Lipinski definition) is 9. The van der Waals surface area contributed by atoms with Crippen molar-refractivity contribution in [3.8, 4) is 28.7 Å². The van der Waals surface area contributed by atoms with Gasteiger partial charge in [0.1, 0.15) is 18.4 Å². The smallest absolute Gasteiger partial charge is 0.252 e. The lowest BCUT2D eigenvalue weighted by Crippen LogP contribution is -2.19. The summed E-state index contributed by atoms with van der Waals surface area (Å²) in [5, 5.41) is 20.5. The van der Waals surface area contributed by atoms with E-state index in [1.165, 1.54) is 7.11 Å². The average Bonchev–Trinajstić information content (AvgIpc) is 3.37. The molecule has 4 aromatic rings. The Labute approximate surface area is 220 Å². The van der Waals surface area contributed by atoms with Crippen molar-refractivity contribution in [3.05, 3.63) is 71.7 Å². The highest BCUT2D eigenvalue weighted by molar-refractivity contribution is 5.90. The molecule has 1 amide bonds. The monoisotopic (exact) mass is 512 g/mol. The minimum atomic E-state index is -0.397. The van der Waals surface area contributed by atoms with Gasteiger partial charge in [-0.3, -0.25) is 15.1 Å². The van der Waals surface area contributed by atoms with Crippen LogP contribution >= 0.6 is 0 Å². The molecule has 1 unspecified atom stereocenters. The average molecular weight is 513 g/mol. The van der Waals surface area contributed by atoms with E-state index in [2.05, 4.69) is 45.5 Å². The lowest BCUT2D eigenvalue weighted by molar-refractivity contribution is -0.119. The molecule has 0 bridgehead atoms. The lowest BCUT2D eigenvalue weighted by atomic mass is 10.0. The fraction of sp³-hybridized carbons (Fsp3) is 0.296. The number of anilines is 1. The van der Waals surface area contributed by atoms with Crippen molar-refractivity contribution in [2.24, 2.45) is 5.92 Å². The number of hydrogen-bond donors (Lipinski definition) is 1. The van der Waals surface area contributed by atoms with Crippen LogP contribution in [0.15, 0.2) is 54.7 Å². The first-order valence-corrected chi connectivity index (χ1v) is 12.0. The number of carbonyl (C=O) groups is 1. The molecule has 38 heavy (non-hydrogen) atoms. The van der Waals surface area contributed by atoms with Crippen molar-refractivity contribution >= 4 is 11.9 Å². The Morgan fingerprint density at radius 3 is 2.58 bits per heavy atom. The third-order valence-corrected chi connectivity index (χ3v) is 5.64. The zero-order chi connectivity index (χ0) is 27.1. The van der Waals surface area contributed by atoms with Crippen LogP contribution in [0.25, 0.3) is 22.6 Å². The standard InChI is InChI=1S/C27H28N8O3/c1-17(2)26(38-4)21-10-6-9-20(29-21)14-35-15-24(33-34-35)23-12-22(19-8-5-7-18(11-19)13-28)30-27(31-23)32-25(36)16-37-3/h5-12,15,17,26H,14,16H2,1-4H3,(H,30,31,32,36). The van der Waals surface area contributed by atoms with Gasteiger partial charge in [0.05, 0.1) is 47.1 Å². The number of amides is 1. The van der Waals surface area contributed by atoms with Crippen molar-refractivity contribution < 1.29 is 14.3 Å². The Kier molecular flexibility index (Phi) is 8.47. The van der Waals surface area contributed by atoms with Crippen molar-refractivity contribution in [2.75, 3.05) is 26.1 Å². The summed E-state index contributed by atoms with van der Waals surface area (Å²) >= 11 is 0. The lowest BCUT2D eigenvalue weighted by Gasteiger charge is -2.19. The number of nitrogens with one attached hydrogen (secondary N) is 1. The summed E-state index contributed by atoms with van der Waals surface area (Å²) in [6.07, 6.45) is 1.65. The van der Waals surface area contributed by atoms with E-state index in [9.17, 15) is 10.1 Å². The molecule has 11 heteroatoms. The number of methoxy groups -OCH3 is 2. The summed E-state index contributed by atoms with van der Waals surface area (Å²) in [4.78, 5) is 25.8. The second-order valence-electron chi connectivity index (χ2n) is 8.89. The van der Waals surface area contributed by atoms with Crippen LogP contribution in [0.3, 0.4) is 0 Å². The summed E-state index contributed by atoms with van der Waals surface area (Å²) in [5.74, 6) is -0.0306. The van der Waals surface area contributed by atoms with Gasteiger partial charge in [0.15, 0.2) is 0 Å². The minimum Gasteiger partial charge on any atom is -0.375 e. The molecular weight excluding hydrogens is 484 g/mol. The van der Waals surface area contributed by atoms with Gasteiger partial charge in [-0.25, -0.2) is 14.6 Å². The molecule has 11 nitrogen and oxygen atoms in total. The number of aromatic nitrogens is 6. The largest absolute Gasteiger partial charge is 0.375 e. The highest BCUT2D eigenvalue weighted by atomic mass is 16.5. The van der Waals surface area contributed by atoms with Gasteiger partial charge in [0.2, 0.25) is 5.95 Å². The molecule has 0 spiro atoms. The number of nitrogens with zero attached hydrogens (tertiary/aromatic N) is 7. The van der Waals surface area contributed by atoms with E-state index < -0.39 is 5.91 Å². The zero-order valence-corrected chi connectivity index (χ0v) is 21.6. The molecule has 0 radical (unpaired) electrons. The van der Waals surface area contributed by atoms with Crippen LogP contribution in [-0.2, 0) is 20.8 Å². The number of pyridine rings is 1. The molecule has 1 atom stereocenters. The van der Waals surface area contributed by atoms with Crippen LogP contribution in [0.2, 0.25) is 0 Å². The molecule has 0 saturated carbocycles. The maximum atomic E-state index is 12.1. The van der Waals surface area contributed by atoms with Gasteiger partial charge in [0.25, 0.3) is 5.91 Å². The Hall–Kier alpha value is -4.53. The second kappa shape index (κ2) is 12.1. The first-order chi connectivity index (χ1) is 18.4. The van der Waals surface area contributed by atoms with E-state index in [1.54, 1.807) is 42.3 Å². The predicted molar refractivity (Wildman–Crippen MR) is 140 cm³/mol. The van der Waals surface area contributed by atoms with Crippen LogP contribution in [-0.4, -0.2) is 56.7 Å². The highest BCUT2D eigenvalue weighted by Gasteiger charge is 2.17. The topological polar surface area (TPSA) is 141 Å². The number of rotatable bonds is 10. The molecule has 3 aromatic heterocycles. The van der Waals surface area contributed by atoms with E-state index in [-0.39, 0.29) is 24.6 Å². The van der Waals surface area contributed by atoms with Crippen LogP contribution in [0.4, 0.5) is 5.95 Å². The van der Waals surface area contributed by atoms with E-state index in [4.69, 9.17) is 14.5 Å². The van der Waals surface area contributed by atoms with E-state index in [0.29, 0.717) is 34.8 Å². The minimum absolute atomic E-state index is 0.0881. The molecule has 0 saturated heterocycles. The van der Waals surface area contributed by atoms with E-state index >= 15 is 0 Å². The highest BCUT2D eigenvalue weighted by Crippen LogP contribution is 2.26. The first-order valence-electron chi connectivity index (χ1n) is 12.0. The second-order valence-corrected chi connectivity index (χ2v) is 8.89. The van der Waals surface area contributed by atoms with Crippen LogP contribution < -0.4 is 5.32 Å². The normalized spacial score (nSPS) is 11.8. The van der Waals surface area contributed by atoms with Gasteiger partial charge in [-0.05, 0) is 36.2 Å². The van der Waals surface area contributed by atoms with Crippen molar-refractivity contribution in [3.63, 3.8) is 0 Å². The summed E-state index contributed by atoms with van der Waals surface area (Å²) in [7, 11) is 3.11. The maximum Gasteiger partial charge on any atom is 0.252 e. The van der Waals surface area contributed by atoms with Crippen LogP contribution in [0.5, 0.6) is 0 Å². The number of nitriles is 1. The molecule has 1 aromatic carbocycles. The van der Waals surface area contributed by atoms with Gasteiger partial charge in [-0.1, -0.05) is 37.3 Å². The number of ether oxygens (including phenoxy) is 2. The summed E-state index contributed by atoms with van der Waals surface area (Å²) in [6, 6.07) is 16.7. The SMILES string of the molecule is COCC(=O)Nc1nc(-c2cccc(C#N)c2)cc(-c2cn(Cc3cccc(C(OC)C(C)C)n3)nn2)n1. The quantitative estimate of drug-likeness (QED) is 0.337. The van der Waals surface area contributed by atoms with Crippen molar-refractivity contribution in [1.29, 1.82) is 5.26 Å². The summed E-state index contributed by atoms with van der Waals surface area (Å²) in [6.45, 7) is 4.43. The fourth-order valence-electron chi connectivity index (χ4n) is 3.96. The summed E-state index contributed by atoms with van der Waals surface area (Å²) in [5.41, 5.74) is 4.31. The molecule has 0 aliphatic rings. The van der Waals surface area contributed by atoms with Crippen molar-refractivity contribution in [2.45, 2.75) is 26.5 Å². The Morgan fingerprint density at radius 2 is 1.84 bits per heavy atom. The molecule has 1 N–H and O–H groups in total. The third kappa shape index (κ3) is 6.42. The first kappa shape index (κ1) is 26.5. The third-order valence-electron chi connectivity index (χ3n) is 5.64. The molecule has 0 aliphatic carbocycles. The van der Waals surface area contributed by atoms with Gasteiger partial charge in [0, 0.05) is 19.8 Å².